The summed E-state index contributed by atoms with van der Waals surface area (Å²) in [5.74, 6) is 2.06. The van der Waals surface area contributed by atoms with Crippen molar-refractivity contribution in [2.45, 2.75) is 69.1 Å². The molecule has 110 valence electrons. The molecule has 2 aliphatic carbocycles. The van der Waals surface area contributed by atoms with Gasteiger partial charge in [-0.15, -0.1) is 0 Å². The van der Waals surface area contributed by atoms with Gasteiger partial charge in [0, 0.05) is 5.25 Å². The lowest BCUT2D eigenvalue weighted by atomic mass is 9.80. The van der Waals surface area contributed by atoms with Crippen LogP contribution in [-0.4, -0.2) is 29.0 Å². The van der Waals surface area contributed by atoms with E-state index >= 15 is 0 Å². The molecule has 0 aromatic carbocycles. The van der Waals surface area contributed by atoms with Crippen molar-refractivity contribution in [3.8, 4) is 0 Å². The fraction of sp³-hybridized carbons (Fsp3) is 0.933. The zero-order valence-electron chi connectivity index (χ0n) is 12.1. The standard InChI is InChI=1S/C15H28N2OS/c1-2-17-15(14(16)18)9-5-8-13(10-15)19-11-12-6-3-4-7-12/h12-13,17H,2-11H2,1H3,(H2,16,18). The van der Waals surface area contributed by atoms with E-state index in [9.17, 15) is 4.79 Å². The third kappa shape index (κ3) is 3.88. The first-order valence-corrected chi connectivity index (χ1v) is 8.87. The second kappa shape index (κ2) is 6.98. The molecule has 3 nitrogen and oxygen atoms in total. The highest BCUT2D eigenvalue weighted by atomic mass is 32.2. The third-order valence-electron chi connectivity index (χ3n) is 4.73. The van der Waals surface area contributed by atoms with Crippen molar-refractivity contribution in [3.05, 3.63) is 0 Å². The predicted molar refractivity (Wildman–Crippen MR) is 82.3 cm³/mol. The maximum atomic E-state index is 11.8. The predicted octanol–water partition coefficient (Wildman–Crippen LogP) is 2.69. The van der Waals surface area contributed by atoms with Gasteiger partial charge in [-0.25, -0.2) is 0 Å². The Morgan fingerprint density at radius 3 is 2.68 bits per heavy atom. The topological polar surface area (TPSA) is 55.1 Å². The van der Waals surface area contributed by atoms with E-state index < -0.39 is 5.54 Å². The number of carbonyl (C=O) groups is 1. The molecule has 4 heteroatoms. The van der Waals surface area contributed by atoms with Gasteiger partial charge in [0.1, 0.15) is 0 Å². The highest BCUT2D eigenvalue weighted by Crippen LogP contribution is 2.37. The summed E-state index contributed by atoms with van der Waals surface area (Å²) in [4.78, 5) is 11.8. The van der Waals surface area contributed by atoms with E-state index in [0.717, 1.165) is 31.7 Å². The summed E-state index contributed by atoms with van der Waals surface area (Å²) in [7, 11) is 0. The van der Waals surface area contributed by atoms with E-state index in [1.54, 1.807) is 0 Å². The molecule has 2 aliphatic rings. The van der Waals surface area contributed by atoms with Crippen LogP contribution < -0.4 is 11.1 Å². The normalized spacial score (nSPS) is 32.6. The van der Waals surface area contributed by atoms with Crippen LogP contribution >= 0.6 is 11.8 Å². The first kappa shape index (κ1) is 15.2. The van der Waals surface area contributed by atoms with Crippen molar-refractivity contribution in [1.82, 2.24) is 5.32 Å². The number of thioether (sulfide) groups is 1. The average Bonchev–Trinajstić information content (AvgIpc) is 2.90. The lowest BCUT2D eigenvalue weighted by Gasteiger charge is -2.39. The Morgan fingerprint density at radius 2 is 2.05 bits per heavy atom. The van der Waals surface area contributed by atoms with Crippen LogP contribution in [0.15, 0.2) is 0 Å². The number of hydrogen-bond donors (Lipinski definition) is 2. The molecule has 0 spiro atoms. The lowest BCUT2D eigenvalue weighted by Crippen LogP contribution is -2.58. The molecule has 0 aromatic rings. The van der Waals surface area contributed by atoms with Gasteiger partial charge >= 0.3 is 0 Å². The minimum absolute atomic E-state index is 0.152. The van der Waals surface area contributed by atoms with E-state index in [2.05, 4.69) is 24.0 Å². The zero-order chi connectivity index (χ0) is 13.7. The molecule has 0 saturated heterocycles. The lowest BCUT2D eigenvalue weighted by molar-refractivity contribution is -0.125. The maximum Gasteiger partial charge on any atom is 0.237 e. The van der Waals surface area contributed by atoms with E-state index in [1.807, 2.05) is 0 Å². The average molecular weight is 284 g/mol. The van der Waals surface area contributed by atoms with Gasteiger partial charge in [-0.05, 0) is 56.7 Å². The van der Waals surface area contributed by atoms with Crippen LogP contribution in [0.1, 0.15) is 58.3 Å². The van der Waals surface area contributed by atoms with Crippen molar-refractivity contribution in [2.24, 2.45) is 11.7 Å². The molecule has 0 heterocycles. The molecule has 2 rings (SSSR count). The summed E-state index contributed by atoms with van der Waals surface area (Å²) >= 11 is 2.09. The van der Waals surface area contributed by atoms with E-state index in [-0.39, 0.29) is 5.91 Å². The molecule has 1 amide bonds. The van der Waals surface area contributed by atoms with Crippen LogP contribution in [0, 0.1) is 5.92 Å². The summed E-state index contributed by atoms with van der Waals surface area (Å²) in [5.41, 5.74) is 5.23. The number of rotatable bonds is 6. The number of likely N-dealkylation sites (N-methyl/N-ethyl adjacent to an activating group) is 1. The number of primary amides is 1. The first-order valence-electron chi connectivity index (χ1n) is 7.83. The highest BCUT2D eigenvalue weighted by molar-refractivity contribution is 7.99. The van der Waals surface area contributed by atoms with Gasteiger partial charge in [-0.2, -0.15) is 11.8 Å². The fourth-order valence-electron chi connectivity index (χ4n) is 3.63. The summed E-state index contributed by atoms with van der Waals surface area (Å²) in [6, 6.07) is 0. The molecule has 0 bridgehead atoms. The van der Waals surface area contributed by atoms with Crippen molar-refractivity contribution >= 4 is 17.7 Å². The Labute approximate surface area is 121 Å². The summed E-state index contributed by atoms with van der Waals surface area (Å²) in [5, 5.41) is 3.98. The van der Waals surface area contributed by atoms with Crippen LogP contribution in [0.5, 0.6) is 0 Å². The van der Waals surface area contributed by atoms with Crippen LogP contribution in [0.2, 0.25) is 0 Å². The SMILES string of the molecule is CCNC1(C(N)=O)CCCC(SCC2CCCC2)C1. The molecular weight excluding hydrogens is 256 g/mol. The summed E-state index contributed by atoms with van der Waals surface area (Å²) in [6.07, 6.45) is 9.86. The van der Waals surface area contributed by atoms with Gasteiger partial charge in [0.25, 0.3) is 0 Å². The summed E-state index contributed by atoms with van der Waals surface area (Å²) in [6.45, 7) is 2.88. The van der Waals surface area contributed by atoms with Crippen LogP contribution in [0.25, 0.3) is 0 Å². The van der Waals surface area contributed by atoms with Crippen LogP contribution in [0.4, 0.5) is 0 Å². The highest BCUT2D eigenvalue weighted by Gasteiger charge is 2.40. The monoisotopic (exact) mass is 284 g/mol. The van der Waals surface area contributed by atoms with Gasteiger partial charge in [-0.1, -0.05) is 19.8 Å². The van der Waals surface area contributed by atoms with Crippen molar-refractivity contribution in [3.63, 3.8) is 0 Å². The van der Waals surface area contributed by atoms with Gasteiger partial charge < -0.3 is 11.1 Å². The molecule has 2 unspecified atom stereocenters. The molecule has 2 atom stereocenters. The van der Waals surface area contributed by atoms with Crippen LogP contribution in [0.3, 0.4) is 0 Å². The Balaban J connectivity index is 1.85. The minimum atomic E-state index is -0.430. The molecule has 0 aliphatic heterocycles. The van der Waals surface area contributed by atoms with Crippen molar-refractivity contribution in [1.29, 1.82) is 0 Å². The van der Waals surface area contributed by atoms with Gasteiger partial charge in [0.15, 0.2) is 0 Å². The third-order valence-corrected chi connectivity index (χ3v) is 6.27. The number of nitrogens with one attached hydrogen (secondary N) is 1. The van der Waals surface area contributed by atoms with Gasteiger partial charge in [-0.3, -0.25) is 4.79 Å². The quantitative estimate of drug-likeness (QED) is 0.788. The Kier molecular flexibility index (Phi) is 5.58. The van der Waals surface area contributed by atoms with Crippen molar-refractivity contribution < 1.29 is 4.79 Å². The number of amides is 1. The maximum absolute atomic E-state index is 11.8. The second-order valence-electron chi connectivity index (χ2n) is 6.18. The molecular formula is C15H28N2OS. The number of carbonyl (C=O) groups excluding carboxylic acids is 1. The number of nitrogens with two attached hydrogens (primary N) is 1. The van der Waals surface area contributed by atoms with E-state index in [4.69, 9.17) is 5.73 Å². The molecule has 0 aromatic heterocycles. The number of hydrogen-bond acceptors (Lipinski definition) is 3. The van der Waals surface area contributed by atoms with Crippen molar-refractivity contribution in [2.75, 3.05) is 12.3 Å². The fourth-order valence-corrected chi connectivity index (χ4v) is 5.24. The Bertz CT molecular complexity index is 301. The van der Waals surface area contributed by atoms with E-state index in [1.165, 1.54) is 37.9 Å². The minimum Gasteiger partial charge on any atom is -0.368 e. The second-order valence-corrected chi connectivity index (χ2v) is 7.51. The smallest absolute Gasteiger partial charge is 0.237 e. The molecule has 19 heavy (non-hydrogen) atoms. The molecule has 2 fully saturated rings. The largest absolute Gasteiger partial charge is 0.368 e. The zero-order valence-corrected chi connectivity index (χ0v) is 12.9. The van der Waals surface area contributed by atoms with Gasteiger partial charge in [0.05, 0.1) is 5.54 Å². The molecule has 0 radical (unpaired) electrons. The van der Waals surface area contributed by atoms with Gasteiger partial charge in [0.2, 0.25) is 5.91 Å². The molecule has 2 saturated carbocycles. The van der Waals surface area contributed by atoms with E-state index in [0.29, 0.717) is 5.25 Å². The first-order chi connectivity index (χ1) is 9.16. The Hall–Kier alpha value is -0.220. The summed E-state index contributed by atoms with van der Waals surface area (Å²) < 4.78 is 0. The Morgan fingerprint density at radius 1 is 1.32 bits per heavy atom. The molecule has 3 N–H and O–H groups in total. The van der Waals surface area contributed by atoms with Crippen LogP contribution in [-0.2, 0) is 4.79 Å².